The Bertz CT molecular complexity index is 592. The number of fused-ring (bicyclic) bond motifs is 1. The topological polar surface area (TPSA) is 38.7 Å². The van der Waals surface area contributed by atoms with Crippen LogP contribution >= 0.6 is 0 Å². The lowest BCUT2D eigenvalue weighted by Gasteiger charge is -2.25. The smallest absolute Gasteiger partial charge is 0.160 e. The number of benzene rings is 2. The van der Waals surface area contributed by atoms with Crippen LogP contribution in [0.2, 0.25) is 0 Å². The molecular formula is C16H16O3. The van der Waals surface area contributed by atoms with E-state index in [9.17, 15) is 5.11 Å². The van der Waals surface area contributed by atoms with Gasteiger partial charge in [-0.1, -0.05) is 30.3 Å². The van der Waals surface area contributed by atoms with Crippen LogP contribution in [0, 0.1) is 0 Å². The average molecular weight is 256 g/mol. The highest BCUT2D eigenvalue weighted by Gasteiger charge is 2.21. The van der Waals surface area contributed by atoms with Crippen LogP contribution in [0.25, 0.3) is 0 Å². The maximum absolute atomic E-state index is 9.84. The summed E-state index contributed by atoms with van der Waals surface area (Å²) in [6.45, 7) is 0.619. The van der Waals surface area contributed by atoms with Crippen LogP contribution in [0.5, 0.6) is 11.5 Å². The van der Waals surface area contributed by atoms with Gasteiger partial charge >= 0.3 is 0 Å². The third kappa shape index (κ3) is 2.29. The summed E-state index contributed by atoms with van der Waals surface area (Å²) in [5.41, 5.74) is 3.54. The van der Waals surface area contributed by atoms with Gasteiger partial charge in [0.1, 0.15) is 0 Å². The monoisotopic (exact) mass is 256 g/mol. The molecule has 0 bridgehead atoms. The number of hydrogen-bond acceptors (Lipinski definition) is 3. The number of methoxy groups -OCH3 is 1. The predicted octanol–water partition coefficient (Wildman–Crippen LogP) is 3.21. The quantitative estimate of drug-likeness (QED) is 0.896. The molecule has 0 amide bonds. The molecule has 98 valence electrons. The van der Waals surface area contributed by atoms with Gasteiger partial charge in [0, 0.05) is 6.42 Å². The second-order valence-electron chi connectivity index (χ2n) is 4.70. The molecule has 2 aromatic carbocycles. The van der Waals surface area contributed by atoms with Gasteiger partial charge in [0.2, 0.25) is 0 Å². The van der Waals surface area contributed by atoms with Gasteiger partial charge in [0.15, 0.2) is 11.5 Å². The highest BCUT2D eigenvalue weighted by atomic mass is 16.5. The zero-order chi connectivity index (χ0) is 13.2. The van der Waals surface area contributed by atoms with Crippen LogP contribution in [-0.4, -0.2) is 12.2 Å². The largest absolute Gasteiger partial charge is 0.504 e. The van der Waals surface area contributed by atoms with Gasteiger partial charge in [-0.25, -0.2) is 0 Å². The average Bonchev–Trinajstić information content (AvgIpc) is 2.46. The van der Waals surface area contributed by atoms with E-state index in [0.29, 0.717) is 12.4 Å². The van der Waals surface area contributed by atoms with Crippen LogP contribution in [-0.2, 0) is 17.8 Å². The molecule has 1 heterocycles. The number of aromatic hydroxyl groups is 1. The normalized spacial score (nSPS) is 17.8. The maximum Gasteiger partial charge on any atom is 0.160 e. The first-order chi connectivity index (χ1) is 9.28. The van der Waals surface area contributed by atoms with E-state index in [2.05, 4.69) is 12.1 Å². The molecule has 2 aromatic rings. The fourth-order valence-corrected chi connectivity index (χ4v) is 2.47. The third-order valence-corrected chi connectivity index (χ3v) is 3.54. The maximum atomic E-state index is 9.84. The van der Waals surface area contributed by atoms with E-state index in [4.69, 9.17) is 9.47 Å². The Balaban J connectivity index is 1.87. The molecule has 1 atom stereocenters. The summed E-state index contributed by atoms with van der Waals surface area (Å²) in [4.78, 5) is 0. The van der Waals surface area contributed by atoms with Gasteiger partial charge in [-0.2, -0.15) is 0 Å². The fraction of sp³-hybridized carbons (Fsp3) is 0.250. The molecule has 1 N–H and O–H groups in total. The van der Waals surface area contributed by atoms with E-state index >= 15 is 0 Å². The van der Waals surface area contributed by atoms with Gasteiger partial charge in [-0.3, -0.25) is 0 Å². The van der Waals surface area contributed by atoms with Crippen molar-refractivity contribution >= 4 is 0 Å². The van der Waals surface area contributed by atoms with E-state index in [0.717, 1.165) is 12.0 Å². The van der Waals surface area contributed by atoms with E-state index < -0.39 is 0 Å². The number of ether oxygens (including phenoxy) is 2. The van der Waals surface area contributed by atoms with Crippen LogP contribution in [0.1, 0.15) is 22.8 Å². The summed E-state index contributed by atoms with van der Waals surface area (Å²) in [6, 6.07) is 13.7. The lowest BCUT2D eigenvalue weighted by molar-refractivity contribution is 0.0273. The first kappa shape index (κ1) is 12.1. The lowest BCUT2D eigenvalue weighted by Crippen LogP contribution is -2.15. The first-order valence-electron chi connectivity index (χ1n) is 6.33. The van der Waals surface area contributed by atoms with E-state index in [1.165, 1.54) is 11.1 Å². The highest BCUT2D eigenvalue weighted by molar-refractivity contribution is 5.43. The van der Waals surface area contributed by atoms with Gasteiger partial charge in [0.05, 0.1) is 19.8 Å². The number of hydrogen-bond donors (Lipinski definition) is 1. The van der Waals surface area contributed by atoms with Crippen molar-refractivity contribution in [2.24, 2.45) is 0 Å². The SMILES string of the molecule is COc1ccc(C2Cc3ccccc3CO2)cc1O. The molecule has 0 aromatic heterocycles. The molecule has 1 aliphatic rings. The van der Waals surface area contributed by atoms with Crippen LogP contribution in [0.4, 0.5) is 0 Å². The zero-order valence-electron chi connectivity index (χ0n) is 10.8. The van der Waals surface area contributed by atoms with Crippen LogP contribution in [0.15, 0.2) is 42.5 Å². The minimum atomic E-state index is -0.00768. The van der Waals surface area contributed by atoms with Crippen molar-refractivity contribution in [1.82, 2.24) is 0 Å². The van der Waals surface area contributed by atoms with Crippen molar-refractivity contribution in [3.05, 3.63) is 59.2 Å². The second-order valence-corrected chi connectivity index (χ2v) is 4.70. The molecule has 0 saturated carbocycles. The van der Waals surface area contributed by atoms with Crippen LogP contribution in [0.3, 0.4) is 0 Å². The Kier molecular flexibility index (Phi) is 3.13. The summed E-state index contributed by atoms with van der Waals surface area (Å²) in [7, 11) is 1.54. The molecule has 3 rings (SSSR count). The third-order valence-electron chi connectivity index (χ3n) is 3.54. The second kappa shape index (κ2) is 4.94. The van der Waals surface area contributed by atoms with Crippen molar-refractivity contribution < 1.29 is 14.6 Å². The fourth-order valence-electron chi connectivity index (χ4n) is 2.47. The zero-order valence-corrected chi connectivity index (χ0v) is 10.8. The van der Waals surface area contributed by atoms with Gasteiger partial charge in [0.25, 0.3) is 0 Å². The van der Waals surface area contributed by atoms with Crippen LogP contribution < -0.4 is 4.74 Å². The Hall–Kier alpha value is -2.00. The Labute approximate surface area is 112 Å². The first-order valence-corrected chi connectivity index (χ1v) is 6.33. The molecule has 19 heavy (non-hydrogen) atoms. The van der Waals surface area contributed by atoms with Crippen molar-refractivity contribution in [3.8, 4) is 11.5 Å². The summed E-state index contributed by atoms with van der Waals surface area (Å²) in [5, 5.41) is 9.84. The van der Waals surface area contributed by atoms with E-state index in [-0.39, 0.29) is 11.9 Å². The molecule has 1 aliphatic heterocycles. The molecule has 1 unspecified atom stereocenters. The number of phenolic OH excluding ortho intramolecular Hbond substituents is 1. The Morgan fingerprint density at radius 1 is 1.16 bits per heavy atom. The van der Waals surface area contributed by atoms with Crippen molar-refractivity contribution in [2.75, 3.05) is 7.11 Å². The van der Waals surface area contributed by atoms with Crippen molar-refractivity contribution in [2.45, 2.75) is 19.1 Å². The summed E-state index contributed by atoms with van der Waals surface area (Å²) in [6.07, 6.45) is 0.828. The lowest BCUT2D eigenvalue weighted by atomic mass is 9.95. The number of phenols is 1. The minimum Gasteiger partial charge on any atom is -0.504 e. The Morgan fingerprint density at radius 3 is 2.68 bits per heavy atom. The van der Waals surface area contributed by atoms with E-state index in [1.807, 2.05) is 18.2 Å². The van der Waals surface area contributed by atoms with E-state index in [1.54, 1.807) is 19.2 Å². The molecule has 0 aliphatic carbocycles. The molecular weight excluding hydrogens is 240 g/mol. The van der Waals surface area contributed by atoms with Gasteiger partial charge in [-0.05, 0) is 28.8 Å². The number of rotatable bonds is 2. The Morgan fingerprint density at radius 2 is 1.95 bits per heavy atom. The molecule has 3 nitrogen and oxygen atoms in total. The summed E-state index contributed by atoms with van der Waals surface area (Å²) >= 11 is 0. The molecule has 0 radical (unpaired) electrons. The highest BCUT2D eigenvalue weighted by Crippen LogP contribution is 2.34. The molecule has 0 spiro atoms. The van der Waals surface area contributed by atoms with Gasteiger partial charge < -0.3 is 14.6 Å². The standard InChI is InChI=1S/C16H16O3/c1-18-15-7-6-12(8-14(15)17)16-9-11-4-2-3-5-13(11)10-19-16/h2-8,16-17H,9-10H2,1H3. The van der Waals surface area contributed by atoms with Crippen molar-refractivity contribution in [1.29, 1.82) is 0 Å². The molecule has 0 fully saturated rings. The molecule has 3 heteroatoms. The summed E-state index contributed by atoms with van der Waals surface area (Å²) < 4.78 is 10.9. The predicted molar refractivity (Wildman–Crippen MR) is 72.3 cm³/mol. The summed E-state index contributed by atoms with van der Waals surface area (Å²) in [5.74, 6) is 0.641. The van der Waals surface area contributed by atoms with Gasteiger partial charge in [-0.15, -0.1) is 0 Å². The molecule has 0 saturated heterocycles. The van der Waals surface area contributed by atoms with Crippen molar-refractivity contribution in [3.63, 3.8) is 0 Å². The minimum absolute atomic E-state index is 0.00768.